The molecule has 0 fully saturated rings. The molecule has 3 amide bonds. The van der Waals surface area contributed by atoms with Gasteiger partial charge in [-0.2, -0.15) is 13.2 Å². The number of urea groups is 1. The van der Waals surface area contributed by atoms with Gasteiger partial charge >= 0.3 is 12.2 Å². The number of benzene rings is 1. The van der Waals surface area contributed by atoms with Crippen LogP contribution in [0.15, 0.2) is 48.7 Å². The molecule has 0 aliphatic carbocycles. The van der Waals surface area contributed by atoms with E-state index in [1.807, 2.05) is 30.3 Å². The van der Waals surface area contributed by atoms with Gasteiger partial charge in [0.25, 0.3) is 0 Å². The van der Waals surface area contributed by atoms with Crippen LogP contribution in [0, 0.1) is 0 Å². The number of hydrogen-bond acceptors (Lipinski definition) is 4. The van der Waals surface area contributed by atoms with Crippen LogP contribution in [-0.2, 0) is 17.5 Å². The first-order valence-corrected chi connectivity index (χ1v) is 9.32. The van der Waals surface area contributed by atoms with E-state index in [0.717, 1.165) is 17.8 Å². The summed E-state index contributed by atoms with van der Waals surface area (Å²) in [5, 5.41) is 8.15. The number of pyridine rings is 1. The van der Waals surface area contributed by atoms with Gasteiger partial charge in [-0.15, -0.1) is 0 Å². The van der Waals surface area contributed by atoms with Crippen molar-refractivity contribution in [1.82, 2.24) is 20.5 Å². The van der Waals surface area contributed by atoms with Crippen molar-refractivity contribution in [3.05, 3.63) is 59.8 Å². The highest BCUT2D eigenvalue weighted by Gasteiger charge is 2.30. The first-order valence-electron chi connectivity index (χ1n) is 9.32. The van der Waals surface area contributed by atoms with E-state index in [1.165, 1.54) is 11.0 Å². The molecule has 0 radical (unpaired) electrons. The second-order valence-corrected chi connectivity index (χ2v) is 6.53. The van der Waals surface area contributed by atoms with Gasteiger partial charge in [-0.05, 0) is 17.7 Å². The van der Waals surface area contributed by atoms with Crippen LogP contribution in [0.1, 0.15) is 17.5 Å². The molecule has 2 rings (SSSR count). The Balaban J connectivity index is 1.58. The van der Waals surface area contributed by atoms with E-state index in [0.29, 0.717) is 13.1 Å². The van der Waals surface area contributed by atoms with Crippen LogP contribution < -0.4 is 16.0 Å². The second kappa shape index (κ2) is 11.0. The molecule has 0 saturated heterocycles. The Morgan fingerprint density at radius 3 is 2.37 bits per heavy atom. The van der Waals surface area contributed by atoms with E-state index in [4.69, 9.17) is 0 Å². The maximum absolute atomic E-state index is 12.5. The number of alkyl halides is 3. The number of aromatic nitrogens is 1. The zero-order chi connectivity index (χ0) is 22.0. The molecule has 0 unspecified atom stereocenters. The molecule has 0 bridgehead atoms. The van der Waals surface area contributed by atoms with Crippen molar-refractivity contribution in [3.63, 3.8) is 0 Å². The fourth-order valence-corrected chi connectivity index (χ4v) is 2.49. The van der Waals surface area contributed by atoms with Crippen LogP contribution in [0.25, 0.3) is 0 Å². The summed E-state index contributed by atoms with van der Waals surface area (Å²) < 4.78 is 37.4. The largest absolute Gasteiger partial charge is 0.417 e. The summed E-state index contributed by atoms with van der Waals surface area (Å²) >= 11 is 0. The van der Waals surface area contributed by atoms with E-state index in [9.17, 15) is 22.8 Å². The molecule has 2 aromatic rings. The third-order valence-electron chi connectivity index (χ3n) is 4.08. The molecule has 1 aromatic carbocycles. The molecule has 0 atom stereocenters. The van der Waals surface area contributed by atoms with E-state index >= 15 is 0 Å². The van der Waals surface area contributed by atoms with Crippen molar-refractivity contribution in [2.24, 2.45) is 0 Å². The molecule has 7 nitrogen and oxygen atoms in total. The Morgan fingerprint density at radius 2 is 1.73 bits per heavy atom. The van der Waals surface area contributed by atoms with Gasteiger partial charge in [-0.25, -0.2) is 9.78 Å². The number of carbonyl (C=O) groups is 2. The minimum absolute atomic E-state index is 0.115. The lowest BCUT2D eigenvalue weighted by atomic mass is 10.2. The predicted molar refractivity (Wildman–Crippen MR) is 107 cm³/mol. The normalized spacial score (nSPS) is 10.9. The maximum Gasteiger partial charge on any atom is 0.417 e. The van der Waals surface area contributed by atoms with Crippen molar-refractivity contribution in [1.29, 1.82) is 0 Å². The van der Waals surface area contributed by atoms with Crippen molar-refractivity contribution < 1.29 is 22.8 Å². The number of nitrogens with one attached hydrogen (secondary N) is 3. The molecule has 30 heavy (non-hydrogen) atoms. The van der Waals surface area contributed by atoms with Crippen molar-refractivity contribution in [3.8, 4) is 0 Å². The summed E-state index contributed by atoms with van der Waals surface area (Å²) in [4.78, 5) is 29.0. The van der Waals surface area contributed by atoms with Gasteiger partial charge in [0, 0.05) is 45.8 Å². The Kier molecular flexibility index (Phi) is 8.45. The summed E-state index contributed by atoms with van der Waals surface area (Å²) in [5.74, 6) is 0.0363. The molecule has 0 aliphatic rings. The number of carbonyl (C=O) groups excluding carboxylic acids is 2. The summed E-state index contributed by atoms with van der Waals surface area (Å²) in [5.41, 5.74) is 0.181. The summed E-state index contributed by atoms with van der Waals surface area (Å²) in [6.45, 7) is 1.22. The zero-order valence-electron chi connectivity index (χ0n) is 16.5. The van der Waals surface area contributed by atoms with Crippen LogP contribution in [0.4, 0.5) is 23.8 Å². The third kappa shape index (κ3) is 7.98. The quantitative estimate of drug-likeness (QED) is 0.542. The van der Waals surface area contributed by atoms with Crippen LogP contribution in [0.5, 0.6) is 0 Å². The first-order chi connectivity index (χ1) is 14.3. The molecule has 1 heterocycles. The first kappa shape index (κ1) is 23.0. The van der Waals surface area contributed by atoms with Gasteiger partial charge in [-0.1, -0.05) is 30.3 Å². The molecule has 162 valence electrons. The van der Waals surface area contributed by atoms with Crippen molar-refractivity contribution in [2.45, 2.75) is 19.1 Å². The predicted octanol–water partition coefficient (Wildman–Crippen LogP) is 2.86. The molecule has 0 spiro atoms. The Hall–Kier alpha value is -3.30. The Morgan fingerprint density at radius 1 is 1.00 bits per heavy atom. The standard InChI is InChI=1S/C20H24F3N5O2/c1-28(14-15-5-3-2-4-6-15)19(30)26-10-9-18(29)25-12-11-24-17-8-7-16(13-27-17)20(21,22)23/h2-8,13H,9-12,14H2,1H3,(H,24,27)(H,25,29)(H,26,30). The lowest BCUT2D eigenvalue weighted by Crippen LogP contribution is -2.39. The highest BCUT2D eigenvalue weighted by Crippen LogP contribution is 2.28. The maximum atomic E-state index is 12.5. The van der Waals surface area contributed by atoms with Gasteiger partial charge < -0.3 is 20.9 Å². The highest BCUT2D eigenvalue weighted by atomic mass is 19.4. The molecular weight excluding hydrogens is 399 g/mol. The van der Waals surface area contributed by atoms with Crippen molar-refractivity contribution in [2.75, 3.05) is 32.0 Å². The number of rotatable bonds is 9. The summed E-state index contributed by atoms with van der Waals surface area (Å²) in [6, 6.07) is 11.4. The molecule has 0 saturated carbocycles. The number of halogens is 3. The minimum atomic E-state index is -4.43. The van der Waals surface area contributed by atoms with E-state index in [-0.39, 0.29) is 37.3 Å². The van der Waals surface area contributed by atoms with Crippen LogP contribution >= 0.6 is 0 Å². The lowest BCUT2D eigenvalue weighted by molar-refractivity contribution is -0.137. The summed E-state index contributed by atoms with van der Waals surface area (Å²) in [6.07, 6.45) is -3.56. The van der Waals surface area contributed by atoms with Crippen LogP contribution in [0.3, 0.4) is 0 Å². The third-order valence-corrected chi connectivity index (χ3v) is 4.08. The average Bonchev–Trinajstić information content (AvgIpc) is 2.71. The monoisotopic (exact) mass is 423 g/mol. The Labute approximate surface area is 172 Å². The molecular formula is C20H24F3N5O2. The fourth-order valence-electron chi connectivity index (χ4n) is 2.49. The molecule has 10 heteroatoms. The van der Waals surface area contributed by atoms with Gasteiger partial charge in [0.15, 0.2) is 0 Å². The Bertz CT molecular complexity index is 813. The fraction of sp³-hybridized carbons (Fsp3) is 0.350. The number of hydrogen-bond donors (Lipinski definition) is 3. The van der Waals surface area contributed by atoms with E-state index in [2.05, 4.69) is 20.9 Å². The molecule has 0 aliphatic heterocycles. The smallest absolute Gasteiger partial charge is 0.368 e. The van der Waals surface area contributed by atoms with E-state index < -0.39 is 11.7 Å². The van der Waals surface area contributed by atoms with Gasteiger partial charge in [-0.3, -0.25) is 4.79 Å². The topological polar surface area (TPSA) is 86.4 Å². The SMILES string of the molecule is CN(Cc1ccccc1)C(=O)NCCC(=O)NCCNc1ccc(C(F)(F)F)cn1. The lowest BCUT2D eigenvalue weighted by Gasteiger charge is -2.18. The number of amides is 3. The number of nitrogens with zero attached hydrogens (tertiary/aromatic N) is 2. The van der Waals surface area contributed by atoms with Crippen LogP contribution in [-0.4, -0.2) is 48.5 Å². The minimum Gasteiger partial charge on any atom is -0.368 e. The molecule has 3 N–H and O–H groups in total. The zero-order valence-corrected chi connectivity index (χ0v) is 16.5. The number of anilines is 1. The van der Waals surface area contributed by atoms with Gasteiger partial charge in [0.1, 0.15) is 5.82 Å². The average molecular weight is 423 g/mol. The highest BCUT2D eigenvalue weighted by molar-refractivity contribution is 5.78. The summed E-state index contributed by atoms with van der Waals surface area (Å²) in [7, 11) is 1.67. The van der Waals surface area contributed by atoms with Gasteiger partial charge in [0.2, 0.25) is 5.91 Å². The molecule has 1 aromatic heterocycles. The van der Waals surface area contributed by atoms with E-state index in [1.54, 1.807) is 7.05 Å². The van der Waals surface area contributed by atoms with Gasteiger partial charge in [0.05, 0.1) is 5.56 Å². The second-order valence-electron chi connectivity index (χ2n) is 6.53. The van der Waals surface area contributed by atoms with Crippen molar-refractivity contribution >= 4 is 17.8 Å². The van der Waals surface area contributed by atoms with Crippen LogP contribution in [0.2, 0.25) is 0 Å².